The van der Waals surface area contributed by atoms with Crippen LogP contribution in [0.3, 0.4) is 0 Å². The number of ether oxygens (including phenoxy) is 1. The molecule has 1 aromatic rings. The van der Waals surface area contributed by atoms with Crippen molar-refractivity contribution in [1.29, 1.82) is 0 Å². The highest BCUT2D eigenvalue weighted by Gasteiger charge is 2.17. The number of imide groups is 1. The number of hydrogen-bond acceptors (Lipinski definition) is 3. The van der Waals surface area contributed by atoms with E-state index >= 15 is 0 Å². The summed E-state index contributed by atoms with van der Waals surface area (Å²) in [4.78, 5) is 22.7. The van der Waals surface area contributed by atoms with Crippen molar-refractivity contribution in [3.05, 3.63) is 35.6 Å². The Balaban J connectivity index is 0.00000361. The lowest BCUT2D eigenvalue weighted by Gasteiger charge is -2.14. The van der Waals surface area contributed by atoms with Gasteiger partial charge in [0.05, 0.1) is 0 Å². The maximum atomic E-state index is 12.7. The number of carbonyl (C=O) groups is 2. The molecule has 6 nitrogen and oxygen atoms in total. The first-order valence-electron chi connectivity index (χ1n) is 5.67. The largest absolute Gasteiger partial charge is 1.00 e. The van der Waals surface area contributed by atoms with Gasteiger partial charge in [-0.1, -0.05) is 12.1 Å². The second-order valence-corrected chi connectivity index (χ2v) is 4.17. The molecule has 5 N–H and O–H groups in total. The molecule has 1 rings (SSSR count). The minimum atomic E-state index is -0.885. The molecule has 0 radical (unpaired) electrons. The third-order valence-corrected chi connectivity index (χ3v) is 2.48. The van der Waals surface area contributed by atoms with Crippen LogP contribution in [0.15, 0.2) is 24.3 Å². The normalized spacial score (nSPS) is 11.2. The highest BCUT2D eigenvalue weighted by atomic mass is 35.5. The predicted octanol–water partition coefficient (Wildman–Crippen LogP) is -2.87. The Hall–Kier alpha value is -1.86. The fraction of sp³-hybridized carbons (Fsp3) is 0.333. The van der Waals surface area contributed by atoms with Crippen LogP contribution in [0.4, 0.5) is 14.0 Å². The van der Waals surface area contributed by atoms with Crippen LogP contribution in [0.5, 0.6) is 0 Å². The smallest absolute Gasteiger partial charge is 0.417 e. The zero-order chi connectivity index (χ0) is 14.4. The molecule has 0 aromatic heterocycles. The molecule has 0 saturated carbocycles. The van der Waals surface area contributed by atoms with Gasteiger partial charge in [-0.15, -0.1) is 0 Å². The maximum Gasteiger partial charge on any atom is 0.417 e. The molecule has 0 spiro atoms. The molecule has 8 heteroatoms. The van der Waals surface area contributed by atoms with Crippen molar-refractivity contribution in [2.75, 3.05) is 13.7 Å². The lowest BCUT2D eigenvalue weighted by atomic mass is 10.1. The Labute approximate surface area is 122 Å². The number of urea groups is 1. The number of nitrogens with two attached hydrogens (primary N) is 1. The topological polar surface area (TPSA) is 100 Å². The van der Waals surface area contributed by atoms with Crippen molar-refractivity contribution in [3.8, 4) is 0 Å². The monoisotopic (exact) mass is 305 g/mol. The summed E-state index contributed by atoms with van der Waals surface area (Å²) in [6.07, 6.45) is -0.284. The molecular formula is C12H17ClFN3O3. The lowest BCUT2D eigenvalue weighted by molar-refractivity contribution is -0.424. The van der Waals surface area contributed by atoms with Crippen LogP contribution in [0, 0.1) is 5.82 Å². The number of amides is 3. The average molecular weight is 306 g/mol. The number of nitrogens with zero attached hydrogens (tertiary/aromatic N) is 1. The van der Waals surface area contributed by atoms with Gasteiger partial charge < -0.3 is 28.6 Å². The van der Waals surface area contributed by atoms with Crippen molar-refractivity contribution in [3.63, 3.8) is 0 Å². The zero-order valence-electron chi connectivity index (χ0n) is 11.0. The van der Waals surface area contributed by atoms with Crippen LogP contribution in [-0.2, 0) is 11.2 Å². The molecule has 20 heavy (non-hydrogen) atoms. The summed E-state index contributed by atoms with van der Waals surface area (Å²) in [5, 5.41) is 0. The van der Waals surface area contributed by atoms with Crippen LogP contribution in [0.25, 0.3) is 0 Å². The number of halogens is 2. The molecular weight excluding hydrogens is 289 g/mol. The van der Waals surface area contributed by atoms with Crippen molar-refractivity contribution in [1.82, 2.24) is 4.90 Å². The molecule has 0 fully saturated rings. The van der Waals surface area contributed by atoms with Gasteiger partial charge in [-0.2, -0.15) is 0 Å². The highest BCUT2D eigenvalue weighted by molar-refractivity contribution is 5.89. The van der Waals surface area contributed by atoms with Crippen molar-refractivity contribution in [2.45, 2.75) is 12.5 Å². The number of primary amides is 1. The second kappa shape index (κ2) is 8.34. The maximum absolute atomic E-state index is 12.7. The summed E-state index contributed by atoms with van der Waals surface area (Å²) < 4.78 is 17.6. The van der Waals surface area contributed by atoms with Crippen molar-refractivity contribution < 1.29 is 36.9 Å². The molecule has 0 bridgehead atoms. The summed E-state index contributed by atoms with van der Waals surface area (Å²) in [6, 6.07) is 4.92. The third kappa shape index (κ3) is 5.85. The Morgan fingerprint density at radius 2 is 1.95 bits per heavy atom. The molecule has 0 saturated heterocycles. The van der Waals surface area contributed by atoms with E-state index in [0.717, 1.165) is 5.56 Å². The number of carbonyl (C=O) groups excluding carboxylic acids is 2. The van der Waals surface area contributed by atoms with E-state index in [4.69, 9.17) is 10.5 Å². The zero-order valence-corrected chi connectivity index (χ0v) is 11.8. The Morgan fingerprint density at radius 3 is 2.45 bits per heavy atom. The number of rotatable bonds is 4. The summed E-state index contributed by atoms with van der Waals surface area (Å²) in [5.74, 6) is -0.307. The first-order valence-corrected chi connectivity index (χ1v) is 5.67. The lowest BCUT2D eigenvalue weighted by Crippen LogP contribution is -3.00. The van der Waals surface area contributed by atoms with Gasteiger partial charge >= 0.3 is 12.1 Å². The van der Waals surface area contributed by atoms with Crippen molar-refractivity contribution in [2.24, 2.45) is 5.73 Å². The quantitative estimate of drug-likeness (QED) is 0.625. The molecule has 0 aliphatic heterocycles. The molecule has 1 atom stereocenters. The fourth-order valence-electron chi connectivity index (χ4n) is 1.39. The first kappa shape index (κ1) is 18.1. The van der Waals surface area contributed by atoms with E-state index in [1.807, 2.05) is 0 Å². The van der Waals surface area contributed by atoms with Gasteiger partial charge in [0.2, 0.25) is 0 Å². The number of quaternary nitrogens is 1. The standard InChI is InChI=1S/C12H16FN3O3.ClH/c1-16(11(15)17)12(18)19-7-10(14)6-8-2-4-9(13)5-3-8;/h2-5,10H,6-7,14H2,1H3,(H2,15,17);1H. The first-order chi connectivity index (χ1) is 8.90. The van der Waals surface area contributed by atoms with Gasteiger partial charge in [0.25, 0.3) is 0 Å². The minimum absolute atomic E-state index is 0. The van der Waals surface area contributed by atoms with Gasteiger partial charge in [0.15, 0.2) is 0 Å². The molecule has 0 aliphatic rings. The highest BCUT2D eigenvalue weighted by Crippen LogP contribution is 2.05. The van der Waals surface area contributed by atoms with E-state index in [-0.39, 0.29) is 30.9 Å². The molecule has 3 amide bonds. The van der Waals surface area contributed by atoms with E-state index < -0.39 is 12.1 Å². The SMILES string of the molecule is CN(C(N)=O)C(=O)OCC([NH3+])Cc1ccc(F)cc1.[Cl-]. The summed E-state index contributed by atoms with van der Waals surface area (Å²) in [6.45, 7) is 0.0494. The van der Waals surface area contributed by atoms with Gasteiger partial charge in [-0.05, 0) is 17.7 Å². The molecule has 1 unspecified atom stereocenters. The van der Waals surface area contributed by atoms with E-state index in [1.54, 1.807) is 12.1 Å². The Kier molecular flexibility index (Phi) is 7.56. The summed E-state index contributed by atoms with van der Waals surface area (Å²) >= 11 is 0. The van der Waals surface area contributed by atoms with Crippen molar-refractivity contribution >= 4 is 12.1 Å². The van der Waals surface area contributed by atoms with Gasteiger partial charge in [-0.3, -0.25) is 0 Å². The van der Waals surface area contributed by atoms with E-state index in [1.165, 1.54) is 19.2 Å². The molecule has 0 aliphatic carbocycles. The molecule has 1 aromatic carbocycles. The van der Waals surface area contributed by atoms with Gasteiger partial charge in [0, 0.05) is 13.5 Å². The van der Waals surface area contributed by atoms with Gasteiger partial charge in [-0.25, -0.2) is 18.9 Å². The van der Waals surface area contributed by atoms with Crippen LogP contribution in [0.1, 0.15) is 5.56 Å². The summed E-state index contributed by atoms with van der Waals surface area (Å²) in [5.41, 5.74) is 9.63. The molecule has 0 heterocycles. The minimum Gasteiger partial charge on any atom is -1.00 e. The summed E-state index contributed by atoms with van der Waals surface area (Å²) in [7, 11) is 1.22. The Bertz CT molecular complexity index is 456. The van der Waals surface area contributed by atoms with Crippen LogP contribution in [-0.4, -0.2) is 36.7 Å². The van der Waals surface area contributed by atoms with E-state index in [9.17, 15) is 14.0 Å². The number of benzene rings is 1. The molecule has 112 valence electrons. The van der Waals surface area contributed by atoms with Gasteiger partial charge in [0.1, 0.15) is 18.5 Å². The predicted molar refractivity (Wildman–Crippen MR) is 65.5 cm³/mol. The second-order valence-electron chi connectivity index (χ2n) is 4.17. The number of hydrogen-bond donors (Lipinski definition) is 2. The van der Waals surface area contributed by atoms with Crippen LogP contribution < -0.4 is 23.9 Å². The average Bonchev–Trinajstić information content (AvgIpc) is 2.37. The van der Waals surface area contributed by atoms with E-state index in [0.29, 0.717) is 11.3 Å². The third-order valence-electron chi connectivity index (χ3n) is 2.48. The fourth-order valence-corrected chi connectivity index (χ4v) is 1.39. The Morgan fingerprint density at radius 1 is 1.40 bits per heavy atom. The van der Waals surface area contributed by atoms with Crippen LogP contribution >= 0.6 is 0 Å². The van der Waals surface area contributed by atoms with Crippen LogP contribution in [0.2, 0.25) is 0 Å². The van der Waals surface area contributed by atoms with E-state index in [2.05, 4.69) is 5.73 Å².